The standard InChI is InChI=1S/C18H15F3N2O4S2/c1-3-23(29(26,27)12-6-4-10(2)13(9-12)16(24)25)17-22-14-8-11(18(19,20)21)5-7-15(14)28-17/h4-9H,3H2,1-2H3,(H,24,25). The minimum Gasteiger partial charge on any atom is -0.478 e. The SMILES string of the molecule is CCN(c1nc2cc(C(F)(F)F)ccc2s1)S(=O)(=O)c1ccc(C)c(C(=O)O)c1. The molecule has 0 radical (unpaired) electrons. The number of aryl methyl sites for hydroxylation is 1. The number of hydrogen-bond donors (Lipinski definition) is 1. The number of aromatic carboxylic acids is 1. The average molecular weight is 444 g/mol. The zero-order valence-corrected chi connectivity index (χ0v) is 16.8. The van der Waals surface area contributed by atoms with Gasteiger partial charge >= 0.3 is 12.1 Å². The van der Waals surface area contributed by atoms with Gasteiger partial charge < -0.3 is 5.11 Å². The van der Waals surface area contributed by atoms with Crippen molar-refractivity contribution < 1.29 is 31.5 Å². The van der Waals surface area contributed by atoms with E-state index in [1.54, 1.807) is 13.8 Å². The molecule has 154 valence electrons. The Labute approximate surface area is 168 Å². The summed E-state index contributed by atoms with van der Waals surface area (Å²) < 4.78 is 66.2. The second kappa shape index (κ2) is 7.30. The van der Waals surface area contributed by atoms with E-state index < -0.39 is 27.7 Å². The Bertz CT molecular complexity index is 1200. The molecule has 0 saturated heterocycles. The molecule has 0 fully saturated rings. The molecule has 11 heteroatoms. The van der Waals surface area contributed by atoms with Gasteiger partial charge in [-0.25, -0.2) is 22.5 Å². The number of thiazole rings is 1. The van der Waals surface area contributed by atoms with Crippen LogP contribution in [-0.2, 0) is 16.2 Å². The van der Waals surface area contributed by atoms with Crippen molar-refractivity contribution in [2.24, 2.45) is 0 Å². The number of carboxylic acid groups (broad SMARTS) is 1. The first-order chi connectivity index (χ1) is 13.4. The number of hydrogen-bond acceptors (Lipinski definition) is 5. The van der Waals surface area contributed by atoms with E-state index in [4.69, 9.17) is 0 Å². The van der Waals surface area contributed by atoms with Crippen LogP contribution in [0.2, 0.25) is 0 Å². The van der Waals surface area contributed by atoms with E-state index in [2.05, 4.69) is 4.98 Å². The summed E-state index contributed by atoms with van der Waals surface area (Å²) in [5.74, 6) is -1.26. The molecule has 0 aliphatic carbocycles. The lowest BCUT2D eigenvalue weighted by Crippen LogP contribution is -2.30. The van der Waals surface area contributed by atoms with Crippen molar-refractivity contribution >= 4 is 42.7 Å². The lowest BCUT2D eigenvalue weighted by molar-refractivity contribution is -0.137. The Morgan fingerprint density at radius 1 is 1.21 bits per heavy atom. The number of alkyl halides is 3. The first-order valence-electron chi connectivity index (χ1n) is 8.29. The third kappa shape index (κ3) is 3.92. The van der Waals surface area contributed by atoms with Crippen molar-refractivity contribution in [2.75, 3.05) is 10.8 Å². The van der Waals surface area contributed by atoms with E-state index in [-0.39, 0.29) is 27.7 Å². The molecule has 2 aromatic carbocycles. The molecule has 0 atom stereocenters. The van der Waals surface area contributed by atoms with Crippen LogP contribution < -0.4 is 4.31 Å². The summed E-state index contributed by atoms with van der Waals surface area (Å²) >= 11 is 0.936. The lowest BCUT2D eigenvalue weighted by Gasteiger charge is -2.20. The number of carboxylic acids is 1. The average Bonchev–Trinajstić information content (AvgIpc) is 3.03. The third-order valence-electron chi connectivity index (χ3n) is 4.23. The van der Waals surface area contributed by atoms with Crippen LogP contribution in [0.4, 0.5) is 18.3 Å². The molecule has 6 nitrogen and oxygen atoms in total. The van der Waals surface area contributed by atoms with E-state index >= 15 is 0 Å². The summed E-state index contributed by atoms with van der Waals surface area (Å²) in [6, 6.07) is 6.75. The highest BCUT2D eigenvalue weighted by atomic mass is 32.2. The van der Waals surface area contributed by atoms with Crippen LogP contribution in [0.3, 0.4) is 0 Å². The fraction of sp³-hybridized carbons (Fsp3) is 0.222. The molecular formula is C18H15F3N2O4S2. The second-order valence-electron chi connectivity index (χ2n) is 6.13. The Morgan fingerprint density at radius 2 is 1.90 bits per heavy atom. The molecule has 0 saturated carbocycles. The maximum Gasteiger partial charge on any atom is 0.416 e. The van der Waals surface area contributed by atoms with E-state index in [9.17, 15) is 31.5 Å². The Hall–Kier alpha value is -2.66. The van der Waals surface area contributed by atoms with E-state index in [1.165, 1.54) is 18.2 Å². The molecule has 3 aromatic rings. The predicted molar refractivity (Wildman–Crippen MR) is 103 cm³/mol. The highest BCUT2D eigenvalue weighted by Gasteiger charge is 2.32. The maximum atomic E-state index is 13.1. The first-order valence-corrected chi connectivity index (χ1v) is 10.5. The van der Waals surface area contributed by atoms with Crippen LogP contribution in [0.5, 0.6) is 0 Å². The Kier molecular flexibility index (Phi) is 5.30. The first kappa shape index (κ1) is 21.1. The quantitative estimate of drug-likeness (QED) is 0.624. The molecule has 0 unspecified atom stereocenters. The van der Waals surface area contributed by atoms with Crippen LogP contribution in [0.15, 0.2) is 41.3 Å². The van der Waals surface area contributed by atoms with Gasteiger partial charge in [0.05, 0.1) is 26.2 Å². The summed E-state index contributed by atoms with van der Waals surface area (Å²) in [6.45, 7) is 3.06. The van der Waals surface area contributed by atoms with Gasteiger partial charge in [0.15, 0.2) is 0 Å². The maximum absolute atomic E-state index is 13.1. The molecule has 0 aliphatic heterocycles. The number of anilines is 1. The van der Waals surface area contributed by atoms with Crippen LogP contribution in [-0.4, -0.2) is 31.0 Å². The molecule has 1 aromatic heterocycles. The highest BCUT2D eigenvalue weighted by molar-refractivity contribution is 7.93. The van der Waals surface area contributed by atoms with Crippen LogP contribution >= 0.6 is 11.3 Å². The fourth-order valence-electron chi connectivity index (χ4n) is 2.73. The Balaban J connectivity index is 2.09. The normalized spacial score (nSPS) is 12.3. The van der Waals surface area contributed by atoms with Gasteiger partial charge in [-0.15, -0.1) is 0 Å². The lowest BCUT2D eigenvalue weighted by atomic mass is 10.1. The van der Waals surface area contributed by atoms with Gasteiger partial charge in [0, 0.05) is 6.54 Å². The van der Waals surface area contributed by atoms with Crippen molar-refractivity contribution in [1.82, 2.24) is 4.98 Å². The molecule has 0 bridgehead atoms. The smallest absolute Gasteiger partial charge is 0.416 e. The van der Waals surface area contributed by atoms with Gasteiger partial charge in [-0.05, 0) is 49.7 Å². The topological polar surface area (TPSA) is 87.6 Å². The van der Waals surface area contributed by atoms with E-state index in [0.717, 1.165) is 33.8 Å². The van der Waals surface area contributed by atoms with Crippen LogP contribution in [0.1, 0.15) is 28.4 Å². The number of aromatic nitrogens is 1. The van der Waals surface area contributed by atoms with Gasteiger partial charge in [-0.2, -0.15) is 13.2 Å². The van der Waals surface area contributed by atoms with Gasteiger partial charge in [0.1, 0.15) is 0 Å². The minimum absolute atomic E-state index is 0.000672. The number of sulfonamides is 1. The predicted octanol–water partition coefficient (Wildman–Crippen LogP) is 4.54. The van der Waals surface area contributed by atoms with Crippen LogP contribution in [0.25, 0.3) is 10.2 Å². The number of nitrogens with zero attached hydrogens (tertiary/aromatic N) is 2. The van der Waals surface area contributed by atoms with E-state index in [1.807, 2.05) is 0 Å². The summed E-state index contributed by atoms with van der Waals surface area (Å²) in [4.78, 5) is 15.2. The summed E-state index contributed by atoms with van der Waals surface area (Å²) in [5.41, 5.74) is -0.596. The molecular weight excluding hydrogens is 429 g/mol. The molecule has 0 aliphatic rings. The zero-order chi connectivity index (χ0) is 21.6. The Morgan fingerprint density at radius 3 is 2.48 bits per heavy atom. The molecule has 3 rings (SSSR count). The van der Waals surface area contributed by atoms with Gasteiger partial charge in [-0.3, -0.25) is 0 Å². The minimum atomic E-state index is -4.54. The molecule has 29 heavy (non-hydrogen) atoms. The van der Waals surface area contributed by atoms with Crippen molar-refractivity contribution in [3.8, 4) is 0 Å². The molecule has 1 heterocycles. The summed E-state index contributed by atoms with van der Waals surface area (Å²) in [7, 11) is -4.17. The number of carbonyl (C=O) groups is 1. The number of halogens is 3. The van der Waals surface area contributed by atoms with Crippen molar-refractivity contribution in [3.63, 3.8) is 0 Å². The molecule has 0 spiro atoms. The fourth-order valence-corrected chi connectivity index (χ4v) is 5.40. The molecule has 0 amide bonds. The van der Waals surface area contributed by atoms with E-state index in [0.29, 0.717) is 10.3 Å². The van der Waals surface area contributed by atoms with Gasteiger partial charge in [0.25, 0.3) is 10.0 Å². The second-order valence-corrected chi connectivity index (χ2v) is 9.00. The third-order valence-corrected chi connectivity index (χ3v) is 7.27. The summed E-state index contributed by atoms with van der Waals surface area (Å²) in [6.07, 6.45) is -4.54. The van der Waals surface area contributed by atoms with Crippen molar-refractivity contribution in [3.05, 3.63) is 53.1 Å². The number of fused-ring (bicyclic) bond motifs is 1. The van der Waals surface area contributed by atoms with Gasteiger partial charge in [-0.1, -0.05) is 17.4 Å². The zero-order valence-electron chi connectivity index (χ0n) is 15.2. The summed E-state index contributed by atoms with van der Waals surface area (Å²) in [5, 5.41) is 9.24. The number of benzene rings is 2. The van der Waals surface area contributed by atoms with Crippen molar-refractivity contribution in [2.45, 2.75) is 24.9 Å². The van der Waals surface area contributed by atoms with Gasteiger partial charge in [0.2, 0.25) is 5.13 Å². The molecule has 1 N–H and O–H groups in total. The largest absolute Gasteiger partial charge is 0.478 e. The number of rotatable bonds is 5. The van der Waals surface area contributed by atoms with Crippen molar-refractivity contribution in [1.29, 1.82) is 0 Å². The highest BCUT2D eigenvalue weighted by Crippen LogP contribution is 2.36. The van der Waals surface area contributed by atoms with Crippen LogP contribution in [0, 0.1) is 6.92 Å². The monoisotopic (exact) mass is 444 g/mol.